The lowest BCUT2D eigenvalue weighted by Crippen LogP contribution is -2.35. The number of benzene rings is 1. The fraction of sp³-hybridized carbons (Fsp3) is 0.562. The monoisotopic (exact) mass is 386 g/mol. The van der Waals surface area contributed by atoms with Crippen molar-refractivity contribution in [3.05, 3.63) is 29.8 Å². The topological polar surface area (TPSA) is 109 Å². The van der Waals surface area contributed by atoms with Gasteiger partial charge < -0.3 is 5.32 Å². The van der Waals surface area contributed by atoms with Gasteiger partial charge in [0.05, 0.1) is 16.4 Å². The summed E-state index contributed by atoms with van der Waals surface area (Å²) in [5.41, 5.74) is 0.411. The highest BCUT2D eigenvalue weighted by Crippen LogP contribution is 2.19. The fourth-order valence-corrected chi connectivity index (χ4v) is 6.35. The van der Waals surface area contributed by atoms with Crippen LogP contribution in [-0.2, 0) is 19.9 Å². The van der Waals surface area contributed by atoms with E-state index < -0.39 is 25.9 Å². The maximum Gasteiger partial charge on any atom is 0.251 e. The molecule has 0 radical (unpaired) electrons. The number of carbonyl (C=O) groups excluding carboxylic acids is 1. The number of sulfonamides is 1. The van der Waals surface area contributed by atoms with Gasteiger partial charge in [0.25, 0.3) is 5.91 Å². The lowest BCUT2D eigenvalue weighted by atomic mass is 10.2. The van der Waals surface area contributed by atoms with Gasteiger partial charge in [-0.15, -0.1) is 0 Å². The first kappa shape index (κ1) is 18.3. The van der Waals surface area contributed by atoms with Crippen molar-refractivity contribution in [2.45, 2.75) is 49.1 Å². The summed E-state index contributed by atoms with van der Waals surface area (Å²) in [4.78, 5) is 12.2. The summed E-state index contributed by atoms with van der Waals surface area (Å²) in [5, 5.41) is 2.95. The van der Waals surface area contributed by atoms with Crippen LogP contribution < -0.4 is 10.0 Å². The Morgan fingerprint density at radius 2 is 1.64 bits per heavy atom. The minimum absolute atomic E-state index is 0.000459. The minimum Gasteiger partial charge on any atom is -0.349 e. The predicted molar refractivity (Wildman–Crippen MR) is 93.5 cm³/mol. The molecule has 0 bridgehead atoms. The Balaban J connectivity index is 1.65. The predicted octanol–water partition coefficient (Wildman–Crippen LogP) is 0.824. The van der Waals surface area contributed by atoms with Crippen molar-refractivity contribution in [1.29, 1.82) is 0 Å². The Morgan fingerprint density at radius 3 is 2.20 bits per heavy atom. The van der Waals surface area contributed by atoms with Crippen LogP contribution in [0.4, 0.5) is 0 Å². The van der Waals surface area contributed by atoms with E-state index >= 15 is 0 Å². The first-order chi connectivity index (χ1) is 11.8. The summed E-state index contributed by atoms with van der Waals surface area (Å²) in [5.74, 6) is -0.375. The second-order valence-electron chi connectivity index (χ2n) is 6.70. The van der Waals surface area contributed by atoms with Crippen LogP contribution in [0.5, 0.6) is 0 Å². The SMILES string of the molecule is O=C(NC1CCCC1)c1ccc(S(=O)(=O)NC2CCS(=O)(=O)C2)cc1. The van der Waals surface area contributed by atoms with Gasteiger partial charge in [-0.25, -0.2) is 21.6 Å². The Labute approximate surface area is 148 Å². The molecule has 2 aliphatic rings. The molecule has 1 aliphatic carbocycles. The molecule has 1 atom stereocenters. The van der Waals surface area contributed by atoms with Crippen molar-refractivity contribution in [1.82, 2.24) is 10.0 Å². The third-order valence-electron chi connectivity index (χ3n) is 4.67. The van der Waals surface area contributed by atoms with Gasteiger partial charge in [0.15, 0.2) is 9.84 Å². The summed E-state index contributed by atoms with van der Waals surface area (Å²) in [6, 6.07) is 5.29. The van der Waals surface area contributed by atoms with Crippen molar-refractivity contribution in [2.75, 3.05) is 11.5 Å². The van der Waals surface area contributed by atoms with E-state index in [9.17, 15) is 21.6 Å². The van der Waals surface area contributed by atoms with Crippen LogP contribution in [0, 0.1) is 0 Å². The molecular weight excluding hydrogens is 364 g/mol. The number of hydrogen-bond acceptors (Lipinski definition) is 5. The zero-order valence-electron chi connectivity index (χ0n) is 13.8. The van der Waals surface area contributed by atoms with Crippen LogP contribution in [0.25, 0.3) is 0 Å². The van der Waals surface area contributed by atoms with Crippen LogP contribution in [0.3, 0.4) is 0 Å². The standard InChI is InChI=1S/C16H22N2O5S2/c19-16(17-13-3-1-2-4-13)12-5-7-15(8-6-12)25(22,23)18-14-9-10-24(20,21)11-14/h5-8,13-14,18H,1-4,9-11H2,(H,17,19). The van der Waals surface area contributed by atoms with Gasteiger partial charge >= 0.3 is 0 Å². The van der Waals surface area contributed by atoms with E-state index in [0.717, 1.165) is 25.7 Å². The summed E-state index contributed by atoms with van der Waals surface area (Å²) in [7, 11) is -6.96. The molecule has 1 saturated heterocycles. The van der Waals surface area contributed by atoms with Crippen molar-refractivity contribution in [3.63, 3.8) is 0 Å². The maximum atomic E-state index is 12.4. The van der Waals surface area contributed by atoms with E-state index in [1.54, 1.807) is 0 Å². The van der Waals surface area contributed by atoms with Crippen molar-refractivity contribution in [3.8, 4) is 0 Å². The Hall–Kier alpha value is -1.45. The van der Waals surface area contributed by atoms with E-state index in [1.165, 1.54) is 24.3 Å². The molecule has 1 unspecified atom stereocenters. The Kier molecular flexibility index (Phi) is 5.17. The Morgan fingerprint density at radius 1 is 1.00 bits per heavy atom. The molecule has 0 aromatic heterocycles. The van der Waals surface area contributed by atoms with Gasteiger partial charge in [-0.1, -0.05) is 12.8 Å². The van der Waals surface area contributed by atoms with Crippen LogP contribution in [-0.4, -0.2) is 46.3 Å². The van der Waals surface area contributed by atoms with Gasteiger partial charge in [0, 0.05) is 17.6 Å². The number of rotatable bonds is 5. The third kappa shape index (κ3) is 4.59. The van der Waals surface area contributed by atoms with Gasteiger partial charge in [-0.3, -0.25) is 4.79 Å². The molecule has 1 aromatic carbocycles. The maximum absolute atomic E-state index is 12.4. The van der Waals surface area contributed by atoms with E-state index in [-0.39, 0.29) is 34.8 Å². The number of nitrogens with one attached hydrogen (secondary N) is 2. The summed E-state index contributed by atoms with van der Waals surface area (Å²) >= 11 is 0. The smallest absolute Gasteiger partial charge is 0.251 e. The van der Waals surface area contributed by atoms with Gasteiger partial charge in [0.2, 0.25) is 10.0 Å². The quantitative estimate of drug-likeness (QED) is 0.779. The van der Waals surface area contributed by atoms with E-state index in [0.29, 0.717) is 5.56 Å². The molecule has 3 rings (SSSR count). The molecule has 1 saturated carbocycles. The molecule has 25 heavy (non-hydrogen) atoms. The van der Waals surface area contributed by atoms with Crippen molar-refractivity contribution < 1.29 is 21.6 Å². The third-order valence-corrected chi connectivity index (χ3v) is 7.98. The second kappa shape index (κ2) is 7.05. The lowest BCUT2D eigenvalue weighted by Gasteiger charge is -2.13. The van der Waals surface area contributed by atoms with E-state index in [2.05, 4.69) is 10.0 Å². The first-order valence-electron chi connectivity index (χ1n) is 8.39. The second-order valence-corrected chi connectivity index (χ2v) is 10.6. The van der Waals surface area contributed by atoms with Crippen LogP contribution in [0.15, 0.2) is 29.2 Å². The normalized spacial score (nSPS) is 23.6. The molecule has 138 valence electrons. The van der Waals surface area contributed by atoms with Gasteiger partial charge in [0.1, 0.15) is 0 Å². The highest BCUT2D eigenvalue weighted by atomic mass is 32.2. The van der Waals surface area contributed by atoms with Crippen molar-refractivity contribution in [2.24, 2.45) is 0 Å². The molecule has 1 aromatic rings. The molecule has 2 N–H and O–H groups in total. The van der Waals surface area contributed by atoms with Crippen LogP contribution in [0.1, 0.15) is 42.5 Å². The van der Waals surface area contributed by atoms with Gasteiger partial charge in [-0.05, 0) is 43.5 Å². The number of sulfone groups is 1. The summed E-state index contributed by atoms with van der Waals surface area (Å²) < 4.78 is 50.0. The van der Waals surface area contributed by atoms with Crippen LogP contribution >= 0.6 is 0 Å². The molecule has 1 amide bonds. The molecular formula is C16H22N2O5S2. The minimum atomic E-state index is -3.80. The molecule has 7 nitrogen and oxygen atoms in total. The fourth-order valence-electron chi connectivity index (χ4n) is 3.30. The number of hydrogen-bond donors (Lipinski definition) is 2. The van der Waals surface area contributed by atoms with Crippen molar-refractivity contribution >= 4 is 25.8 Å². The van der Waals surface area contributed by atoms with E-state index in [1.807, 2.05) is 0 Å². The molecule has 2 fully saturated rings. The number of amides is 1. The van der Waals surface area contributed by atoms with Crippen LogP contribution in [0.2, 0.25) is 0 Å². The summed E-state index contributed by atoms with van der Waals surface area (Å²) in [6.45, 7) is 0. The first-order valence-corrected chi connectivity index (χ1v) is 11.7. The average molecular weight is 386 g/mol. The molecule has 1 heterocycles. The van der Waals surface area contributed by atoms with E-state index in [4.69, 9.17) is 0 Å². The highest BCUT2D eigenvalue weighted by Gasteiger charge is 2.31. The highest BCUT2D eigenvalue weighted by molar-refractivity contribution is 7.92. The largest absolute Gasteiger partial charge is 0.349 e. The summed E-state index contributed by atoms with van der Waals surface area (Å²) in [6.07, 6.45) is 4.47. The molecule has 9 heteroatoms. The number of carbonyl (C=O) groups is 1. The average Bonchev–Trinajstić information content (AvgIpc) is 3.16. The zero-order chi connectivity index (χ0) is 18.1. The van der Waals surface area contributed by atoms with Gasteiger partial charge in [-0.2, -0.15) is 0 Å². The molecule has 0 spiro atoms. The molecule has 1 aliphatic heterocycles. The Bertz CT molecular complexity index is 841. The zero-order valence-corrected chi connectivity index (χ0v) is 15.4. The lowest BCUT2D eigenvalue weighted by molar-refractivity contribution is 0.0937.